The second-order valence-corrected chi connectivity index (χ2v) is 7.14. The Morgan fingerprint density at radius 1 is 1.28 bits per heavy atom. The maximum absolute atomic E-state index is 12.5. The third kappa shape index (κ3) is 9.41. The van der Waals surface area contributed by atoms with Gasteiger partial charge in [-0.05, 0) is 50.9 Å². The summed E-state index contributed by atoms with van der Waals surface area (Å²) in [6, 6.07) is 5.24. The van der Waals surface area contributed by atoms with E-state index < -0.39 is 12.8 Å². The Kier molecular flexibility index (Phi) is 11.1. The molecule has 0 spiro atoms. The minimum Gasteiger partial charge on any atom is -0.484 e. The Hall–Kier alpha value is -1.23. The highest BCUT2D eigenvalue weighted by molar-refractivity contribution is 14.0. The third-order valence-electron chi connectivity index (χ3n) is 4.74. The van der Waals surface area contributed by atoms with Gasteiger partial charge in [0.15, 0.2) is 12.6 Å². The smallest absolute Gasteiger partial charge is 0.422 e. The Bertz CT molecular complexity index is 655. The van der Waals surface area contributed by atoms with Crippen molar-refractivity contribution in [2.45, 2.75) is 39.9 Å². The van der Waals surface area contributed by atoms with Crippen LogP contribution in [0.2, 0.25) is 0 Å². The van der Waals surface area contributed by atoms with Crippen molar-refractivity contribution >= 4 is 29.9 Å². The van der Waals surface area contributed by atoms with Gasteiger partial charge in [-0.1, -0.05) is 19.1 Å². The zero-order valence-electron chi connectivity index (χ0n) is 17.3. The quantitative estimate of drug-likeness (QED) is 0.305. The summed E-state index contributed by atoms with van der Waals surface area (Å²) in [6.45, 7) is 9.72. The predicted molar refractivity (Wildman–Crippen MR) is 121 cm³/mol. The van der Waals surface area contributed by atoms with Crippen LogP contribution < -0.4 is 15.4 Å². The van der Waals surface area contributed by atoms with Crippen molar-refractivity contribution in [1.29, 1.82) is 0 Å². The molecule has 1 aromatic carbocycles. The zero-order chi connectivity index (χ0) is 20.6. The zero-order valence-corrected chi connectivity index (χ0v) is 19.6. The summed E-state index contributed by atoms with van der Waals surface area (Å²) >= 11 is 0. The number of rotatable bonds is 8. The maximum atomic E-state index is 12.5. The molecule has 0 radical (unpaired) electrons. The molecule has 9 heteroatoms. The van der Waals surface area contributed by atoms with Gasteiger partial charge < -0.3 is 20.3 Å². The van der Waals surface area contributed by atoms with E-state index in [1.54, 1.807) is 12.1 Å². The molecule has 166 valence electrons. The van der Waals surface area contributed by atoms with Crippen molar-refractivity contribution in [3.05, 3.63) is 29.3 Å². The Labute approximate surface area is 188 Å². The summed E-state index contributed by atoms with van der Waals surface area (Å²) in [7, 11) is 0. The van der Waals surface area contributed by atoms with Crippen LogP contribution >= 0.6 is 24.0 Å². The van der Waals surface area contributed by atoms with E-state index in [-0.39, 0.29) is 36.3 Å². The lowest BCUT2D eigenvalue weighted by molar-refractivity contribution is -0.153. The van der Waals surface area contributed by atoms with E-state index in [1.807, 2.05) is 19.9 Å². The maximum Gasteiger partial charge on any atom is 0.422 e. The molecule has 1 aliphatic heterocycles. The molecule has 1 unspecified atom stereocenters. The molecule has 5 nitrogen and oxygen atoms in total. The van der Waals surface area contributed by atoms with Crippen molar-refractivity contribution in [3.63, 3.8) is 0 Å². The summed E-state index contributed by atoms with van der Waals surface area (Å²) < 4.78 is 42.5. The number of hydrogen-bond acceptors (Lipinski definition) is 3. The molecule has 0 amide bonds. The van der Waals surface area contributed by atoms with Gasteiger partial charge >= 0.3 is 6.18 Å². The molecule has 0 aliphatic carbocycles. The number of likely N-dealkylation sites (tertiary alicyclic amines) is 1. The average molecular weight is 528 g/mol. The number of ether oxygens (including phenoxy) is 1. The highest BCUT2D eigenvalue weighted by atomic mass is 127. The summed E-state index contributed by atoms with van der Waals surface area (Å²) in [5.74, 6) is 1.47. The first kappa shape index (κ1) is 25.8. The van der Waals surface area contributed by atoms with Crippen LogP contribution in [-0.2, 0) is 6.54 Å². The highest BCUT2D eigenvalue weighted by Gasteiger charge is 2.28. The molecular formula is C20H32F3IN4O. The normalized spacial score (nSPS) is 17.7. The second kappa shape index (κ2) is 12.5. The molecular weight excluding hydrogens is 496 g/mol. The van der Waals surface area contributed by atoms with Gasteiger partial charge in [-0.2, -0.15) is 13.2 Å². The van der Waals surface area contributed by atoms with E-state index in [0.29, 0.717) is 24.0 Å². The van der Waals surface area contributed by atoms with Crippen molar-refractivity contribution in [1.82, 2.24) is 15.5 Å². The minimum atomic E-state index is -4.37. The monoisotopic (exact) mass is 528 g/mol. The van der Waals surface area contributed by atoms with Gasteiger partial charge in [-0.25, -0.2) is 4.99 Å². The first-order chi connectivity index (χ1) is 13.3. The van der Waals surface area contributed by atoms with Crippen LogP contribution in [0.1, 0.15) is 31.4 Å². The van der Waals surface area contributed by atoms with E-state index in [2.05, 4.69) is 27.4 Å². The minimum absolute atomic E-state index is 0. The number of guanidine groups is 1. The molecule has 29 heavy (non-hydrogen) atoms. The summed E-state index contributed by atoms with van der Waals surface area (Å²) in [5, 5.41) is 6.55. The second-order valence-electron chi connectivity index (χ2n) is 7.14. The van der Waals surface area contributed by atoms with Crippen LogP contribution in [0.4, 0.5) is 13.2 Å². The van der Waals surface area contributed by atoms with E-state index in [9.17, 15) is 13.2 Å². The molecule has 1 saturated heterocycles. The van der Waals surface area contributed by atoms with E-state index in [1.165, 1.54) is 0 Å². The van der Waals surface area contributed by atoms with E-state index in [0.717, 1.165) is 38.2 Å². The molecule has 1 heterocycles. The standard InChI is InChI=1S/C20H31F3N4O.HI/c1-4-24-19(25-11-16-8-9-27(5-2)13-16)26-12-17-7-6-15(3)10-18(17)28-14-20(21,22)23;/h6-7,10,16H,4-5,8-9,11-14H2,1-3H3,(H2,24,25,26);1H. The summed E-state index contributed by atoms with van der Waals surface area (Å²) in [6.07, 6.45) is -3.21. The molecule has 1 aliphatic rings. The molecule has 2 rings (SSSR count). The fourth-order valence-electron chi connectivity index (χ4n) is 3.20. The average Bonchev–Trinajstić information content (AvgIpc) is 3.11. The van der Waals surface area contributed by atoms with Crippen LogP contribution in [0.3, 0.4) is 0 Å². The molecule has 0 bridgehead atoms. The predicted octanol–water partition coefficient (Wildman–Crippen LogP) is 3.95. The number of hydrogen-bond donors (Lipinski definition) is 2. The Morgan fingerprint density at radius 2 is 2.03 bits per heavy atom. The van der Waals surface area contributed by atoms with Crippen molar-refractivity contribution in [3.8, 4) is 5.75 Å². The van der Waals surface area contributed by atoms with Gasteiger partial charge in [0.2, 0.25) is 0 Å². The van der Waals surface area contributed by atoms with Gasteiger partial charge in [-0.3, -0.25) is 0 Å². The molecule has 1 fully saturated rings. The highest BCUT2D eigenvalue weighted by Crippen LogP contribution is 2.24. The summed E-state index contributed by atoms with van der Waals surface area (Å²) in [5.41, 5.74) is 1.47. The molecule has 0 aromatic heterocycles. The topological polar surface area (TPSA) is 48.9 Å². The lowest BCUT2D eigenvalue weighted by Crippen LogP contribution is -2.40. The van der Waals surface area contributed by atoms with Gasteiger partial charge in [0, 0.05) is 25.2 Å². The number of alkyl halides is 3. The SMILES string of the molecule is CCNC(=NCc1ccc(C)cc1OCC(F)(F)F)NCC1CCN(CC)C1.I. The number of benzene rings is 1. The van der Waals surface area contributed by atoms with Crippen LogP contribution in [0, 0.1) is 12.8 Å². The van der Waals surface area contributed by atoms with Crippen LogP contribution in [-0.4, -0.2) is 56.4 Å². The third-order valence-corrected chi connectivity index (χ3v) is 4.74. The van der Waals surface area contributed by atoms with Gasteiger partial charge in [0.05, 0.1) is 6.54 Å². The number of nitrogens with zero attached hydrogens (tertiary/aromatic N) is 2. The Balaban J connectivity index is 0.00000420. The van der Waals surface area contributed by atoms with Crippen LogP contribution in [0.25, 0.3) is 0 Å². The molecule has 1 atom stereocenters. The first-order valence-corrected chi connectivity index (χ1v) is 9.84. The number of aliphatic imine (C=N–C) groups is 1. The molecule has 2 N–H and O–H groups in total. The molecule has 1 aromatic rings. The fraction of sp³-hybridized carbons (Fsp3) is 0.650. The lowest BCUT2D eigenvalue weighted by Gasteiger charge is -2.17. The van der Waals surface area contributed by atoms with E-state index in [4.69, 9.17) is 4.74 Å². The van der Waals surface area contributed by atoms with Crippen LogP contribution in [0.5, 0.6) is 5.75 Å². The Morgan fingerprint density at radius 3 is 2.66 bits per heavy atom. The lowest BCUT2D eigenvalue weighted by atomic mass is 10.1. The van der Waals surface area contributed by atoms with Gasteiger partial charge in [-0.15, -0.1) is 24.0 Å². The van der Waals surface area contributed by atoms with Crippen molar-refractivity contribution in [2.24, 2.45) is 10.9 Å². The number of halogens is 4. The first-order valence-electron chi connectivity index (χ1n) is 9.84. The van der Waals surface area contributed by atoms with Crippen molar-refractivity contribution < 1.29 is 17.9 Å². The number of nitrogens with one attached hydrogen (secondary N) is 2. The largest absolute Gasteiger partial charge is 0.484 e. The van der Waals surface area contributed by atoms with Crippen LogP contribution in [0.15, 0.2) is 23.2 Å². The molecule has 0 saturated carbocycles. The van der Waals surface area contributed by atoms with Gasteiger partial charge in [0.1, 0.15) is 5.75 Å². The van der Waals surface area contributed by atoms with Gasteiger partial charge in [0.25, 0.3) is 0 Å². The fourth-order valence-corrected chi connectivity index (χ4v) is 3.20. The number of aryl methyl sites for hydroxylation is 1. The van der Waals surface area contributed by atoms with Crippen molar-refractivity contribution in [2.75, 3.05) is 39.3 Å². The summed E-state index contributed by atoms with van der Waals surface area (Å²) in [4.78, 5) is 6.96. The van der Waals surface area contributed by atoms with E-state index >= 15 is 0 Å².